The van der Waals surface area contributed by atoms with Gasteiger partial charge in [0.25, 0.3) is 18.9 Å². The Labute approximate surface area is 523 Å². The molecule has 0 aliphatic carbocycles. The van der Waals surface area contributed by atoms with Gasteiger partial charge in [-0.1, -0.05) is 36.4 Å². The number of alkyl halides is 1. The molecule has 0 radical (unpaired) electrons. The molecule has 1 unspecified atom stereocenters. The topological polar surface area (TPSA) is 326 Å². The number of hydrogen-bond acceptors (Lipinski definition) is 20. The number of amides is 7. The molecule has 0 spiro atoms. The maximum atomic E-state index is 14.6. The Kier molecular flexibility index (Phi) is 28.4. The van der Waals surface area contributed by atoms with Gasteiger partial charge in [0.15, 0.2) is 0 Å². The van der Waals surface area contributed by atoms with Crippen LogP contribution in [-0.4, -0.2) is 254 Å². The van der Waals surface area contributed by atoms with E-state index in [1.54, 1.807) is 32.9 Å². The lowest BCUT2D eigenvalue weighted by atomic mass is 10.1. The number of aryl methyl sites for hydroxylation is 2. The Morgan fingerprint density at radius 3 is 2.04 bits per heavy atom. The summed E-state index contributed by atoms with van der Waals surface area (Å²) in [6.07, 6.45) is 3.59. The fraction of sp³-hybridized carbons (Fsp3) is 0.548. The number of ether oxygens (including phenoxy) is 3. The Bertz CT molecular complexity index is 3010. The quantitative estimate of drug-likeness (QED) is 0.0340. The van der Waals surface area contributed by atoms with E-state index in [4.69, 9.17) is 14.2 Å². The van der Waals surface area contributed by atoms with E-state index >= 15 is 0 Å². The van der Waals surface area contributed by atoms with Gasteiger partial charge < -0.3 is 45.1 Å². The molecule has 6 rings (SSSR count). The third-order valence-electron chi connectivity index (χ3n) is 15.8. The van der Waals surface area contributed by atoms with Crippen molar-refractivity contribution in [1.82, 2.24) is 60.6 Å². The van der Waals surface area contributed by atoms with Crippen LogP contribution in [0.2, 0.25) is 0 Å². The van der Waals surface area contributed by atoms with Crippen LogP contribution in [0.4, 0.5) is 4.39 Å². The summed E-state index contributed by atoms with van der Waals surface area (Å²) in [5.74, 6) is -4.81. The second-order valence-electron chi connectivity index (χ2n) is 23.0. The molecule has 0 bridgehead atoms. The number of halogens is 1. The summed E-state index contributed by atoms with van der Waals surface area (Å²) in [7, 11) is 0. The number of rotatable bonds is 31. The predicted octanol–water partition coefficient (Wildman–Crippen LogP) is 0.947. The van der Waals surface area contributed by atoms with Crippen molar-refractivity contribution in [3.8, 4) is 11.8 Å². The van der Waals surface area contributed by atoms with E-state index in [0.717, 1.165) is 22.4 Å². The van der Waals surface area contributed by atoms with Crippen LogP contribution >= 0.6 is 0 Å². The van der Waals surface area contributed by atoms with Gasteiger partial charge in [-0.2, -0.15) is 5.26 Å². The zero-order valence-corrected chi connectivity index (χ0v) is 51.4. The van der Waals surface area contributed by atoms with E-state index in [1.807, 2.05) is 47.1 Å². The number of imide groups is 1. The molecule has 3 saturated heterocycles. The van der Waals surface area contributed by atoms with Crippen LogP contribution in [0.15, 0.2) is 67.0 Å². The van der Waals surface area contributed by atoms with Crippen LogP contribution < -0.4 is 26.0 Å². The Hall–Kier alpha value is -8.49. The highest BCUT2D eigenvalue weighted by atomic mass is 19.1. The average Bonchev–Trinajstić information content (AvgIpc) is 1.40. The average molecular weight is 1250 g/mol. The van der Waals surface area contributed by atoms with Crippen molar-refractivity contribution < 1.29 is 71.7 Å². The van der Waals surface area contributed by atoms with Gasteiger partial charge in [0.05, 0.1) is 49.9 Å². The van der Waals surface area contributed by atoms with Crippen molar-refractivity contribution in [1.29, 1.82) is 5.26 Å². The largest absolute Gasteiger partial charge is 0.494 e. The van der Waals surface area contributed by atoms with E-state index in [0.29, 0.717) is 108 Å². The van der Waals surface area contributed by atoms with Crippen LogP contribution in [0.25, 0.3) is 10.9 Å². The fourth-order valence-corrected chi connectivity index (χ4v) is 10.7. The summed E-state index contributed by atoms with van der Waals surface area (Å²) in [4.78, 5) is 144. The van der Waals surface area contributed by atoms with E-state index in [1.165, 1.54) is 19.2 Å². The first kappa shape index (κ1) is 70.6. The number of nitrogens with one attached hydrogen (secondary N) is 4. The fourth-order valence-electron chi connectivity index (χ4n) is 10.7. The second kappa shape index (κ2) is 36.2. The number of benzene rings is 2. The van der Waals surface area contributed by atoms with Gasteiger partial charge >= 0.3 is 5.97 Å². The van der Waals surface area contributed by atoms with Gasteiger partial charge in [0.1, 0.15) is 43.4 Å². The molecule has 488 valence electrons. The minimum atomic E-state index is -1.69. The summed E-state index contributed by atoms with van der Waals surface area (Å²) in [6.45, 7) is 11.6. The molecule has 0 saturated carbocycles. The van der Waals surface area contributed by atoms with E-state index in [-0.39, 0.29) is 109 Å². The number of fused-ring (bicyclic) bond motifs is 1. The SMILES string of the molecule is C=C(CC[C@H](NC(=O)CN1CCN(COC=O)CCN(COC=O)CCN(CC(=O)O)CC1)C(=O)NC(=O)CC(=O)N1CCN(CCCCOc2ccc3nccc(C(=O)NCC(=O)N4CC(C)(F)C[C@@H]4C#N)c3c2)CC1)NC(=O)CCCc1ccc(C)cc1. The number of aromatic nitrogens is 1. The first-order chi connectivity index (χ1) is 43.2. The number of carbonyl (C=O) groups excluding carboxylic acids is 9. The number of aliphatic carboxylic acids is 1. The molecule has 28 heteroatoms. The van der Waals surface area contributed by atoms with Crippen molar-refractivity contribution >= 4 is 71.2 Å². The van der Waals surface area contributed by atoms with Gasteiger partial charge in [-0.25, -0.2) is 4.39 Å². The molecule has 7 amide bonds. The molecule has 90 heavy (non-hydrogen) atoms. The van der Waals surface area contributed by atoms with Gasteiger partial charge in [-0.15, -0.1) is 0 Å². The number of nitriles is 1. The molecule has 3 aliphatic heterocycles. The molecule has 5 N–H and O–H groups in total. The highest BCUT2D eigenvalue weighted by molar-refractivity contribution is 6.07. The molecule has 3 aromatic rings. The first-order valence-electron chi connectivity index (χ1n) is 30.3. The highest BCUT2D eigenvalue weighted by Gasteiger charge is 2.43. The summed E-state index contributed by atoms with van der Waals surface area (Å²) in [6, 6.07) is 14.4. The Morgan fingerprint density at radius 1 is 0.778 bits per heavy atom. The zero-order chi connectivity index (χ0) is 65.0. The second-order valence-corrected chi connectivity index (χ2v) is 23.0. The molecular weight excluding hydrogens is 1170 g/mol. The normalized spacial score (nSPS) is 18.6. The number of pyridine rings is 1. The lowest BCUT2D eigenvalue weighted by molar-refractivity contribution is -0.140. The lowest BCUT2D eigenvalue weighted by Gasteiger charge is -2.34. The molecule has 3 aliphatic rings. The number of piperazine rings is 1. The van der Waals surface area contributed by atoms with Crippen molar-refractivity contribution in [3.05, 3.63) is 83.7 Å². The van der Waals surface area contributed by atoms with Gasteiger partial charge in [-0.3, -0.25) is 82.7 Å². The van der Waals surface area contributed by atoms with Crippen LogP contribution in [0.5, 0.6) is 5.75 Å². The summed E-state index contributed by atoms with van der Waals surface area (Å²) in [5.41, 5.74) is 1.59. The molecular formula is C62H84FN13O14. The maximum Gasteiger partial charge on any atom is 0.317 e. The third kappa shape index (κ3) is 24.1. The number of unbranched alkanes of at least 4 members (excludes halogenated alkanes) is 1. The van der Waals surface area contributed by atoms with Crippen molar-refractivity contribution in [2.75, 3.05) is 131 Å². The predicted molar refractivity (Wildman–Crippen MR) is 325 cm³/mol. The molecule has 3 fully saturated rings. The number of nitrogens with zero attached hydrogens (tertiary/aromatic N) is 9. The van der Waals surface area contributed by atoms with Crippen LogP contribution in [0.1, 0.15) is 79.8 Å². The monoisotopic (exact) mass is 1250 g/mol. The summed E-state index contributed by atoms with van der Waals surface area (Å²) >= 11 is 0. The van der Waals surface area contributed by atoms with Crippen molar-refractivity contribution in [2.24, 2.45) is 0 Å². The van der Waals surface area contributed by atoms with Gasteiger partial charge in [0.2, 0.25) is 35.4 Å². The minimum absolute atomic E-state index is 0.0373. The number of carboxylic acid groups (broad SMARTS) is 1. The van der Waals surface area contributed by atoms with Gasteiger partial charge in [-0.05, 0) is 88.7 Å². The molecule has 27 nitrogen and oxygen atoms in total. The van der Waals surface area contributed by atoms with E-state index in [9.17, 15) is 62.7 Å². The number of carboxylic acids is 1. The molecule has 2 aromatic carbocycles. The van der Waals surface area contributed by atoms with Crippen LogP contribution in [-0.2, 0) is 59.0 Å². The van der Waals surface area contributed by atoms with Crippen LogP contribution in [0, 0.1) is 18.3 Å². The van der Waals surface area contributed by atoms with Crippen LogP contribution in [0.3, 0.4) is 0 Å². The van der Waals surface area contributed by atoms with E-state index < -0.39 is 72.1 Å². The highest BCUT2D eigenvalue weighted by Crippen LogP contribution is 2.30. The molecule has 4 heterocycles. The summed E-state index contributed by atoms with van der Waals surface area (Å²) in [5, 5.41) is 30.0. The summed E-state index contributed by atoms with van der Waals surface area (Å²) < 4.78 is 30.7. The van der Waals surface area contributed by atoms with Crippen molar-refractivity contribution in [3.63, 3.8) is 0 Å². The Balaban J connectivity index is 0.981. The molecule has 3 atom stereocenters. The third-order valence-corrected chi connectivity index (χ3v) is 15.8. The lowest BCUT2D eigenvalue weighted by Crippen LogP contribution is -2.53. The minimum Gasteiger partial charge on any atom is -0.494 e. The molecule has 1 aromatic heterocycles. The van der Waals surface area contributed by atoms with Gasteiger partial charge in [0, 0.05) is 109 Å². The van der Waals surface area contributed by atoms with Crippen molar-refractivity contribution in [2.45, 2.75) is 89.4 Å². The zero-order valence-electron chi connectivity index (χ0n) is 51.4. The maximum absolute atomic E-state index is 14.6. The number of allylic oxidation sites excluding steroid dienone is 1. The van der Waals surface area contributed by atoms with E-state index in [2.05, 4.69) is 37.7 Å². The number of hydrogen-bond donors (Lipinski definition) is 5. The Morgan fingerprint density at radius 2 is 1.41 bits per heavy atom. The number of likely N-dealkylation sites (tertiary alicyclic amines) is 1. The smallest absolute Gasteiger partial charge is 0.317 e. The standard InChI is InChI=1S/C62H84FN13O14/c1-45-9-12-47(13-10-45)7-6-8-54(79)67-46(2)11-15-53(68-56(81)38-71-20-21-72(39-59(84)85)23-25-74(42-89-44-78)27-26-73(24-22-71)41-88-43-77)61(87)69-55(80)34-57(82)75-30-28-70(29-31-75)19-4-5-32-90-49-14-16-52-51(33-49)50(17-18-65-52)60(86)66-37-58(83)76-40-62(3,63)35-48(76)36-64/h9-10,12-14,16-18,33,43-44,48,53H,2,4-8,11,15,19-32,34-35,37-42H2,1,3H3,(H,66,86)(H,67,79)(H,68,81)(H,84,85)(H,69,80,87)/t48-,53+,62?/m1/s1. The number of carbonyl (C=O) groups is 10. The first-order valence-corrected chi connectivity index (χ1v) is 30.3.